The summed E-state index contributed by atoms with van der Waals surface area (Å²) in [7, 11) is 0. The molecule has 0 radical (unpaired) electrons. The Kier molecular flexibility index (Phi) is 2.61. The SMILES string of the molecule is Cc1nc2onc(C)c2c(C)c1C(C)C(=O)O. The van der Waals surface area contributed by atoms with E-state index in [4.69, 9.17) is 9.63 Å². The van der Waals surface area contributed by atoms with Gasteiger partial charge in [-0.05, 0) is 38.8 Å². The molecule has 90 valence electrons. The number of carboxylic acids is 1. The number of rotatable bonds is 2. The Morgan fingerprint density at radius 2 is 1.94 bits per heavy atom. The van der Waals surface area contributed by atoms with E-state index in [0.29, 0.717) is 11.4 Å². The van der Waals surface area contributed by atoms with Crippen LogP contribution < -0.4 is 0 Å². The van der Waals surface area contributed by atoms with Crippen LogP contribution in [0, 0.1) is 20.8 Å². The normalized spacial score (nSPS) is 12.9. The van der Waals surface area contributed by atoms with Gasteiger partial charge < -0.3 is 9.63 Å². The van der Waals surface area contributed by atoms with Crippen LogP contribution in [0.5, 0.6) is 0 Å². The molecule has 17 heavy (non-hydrogen) atoms. The first-order chi connectivity index (χ1) is 7.93. The van der Waals surface area contributed by atoms with Crippen molar-refractivity contribution in [3.63, 3.8) is 0 Å². The summed E-state index contributed by atoms with van der Waals surface area (Å²) >= 11 is 0. The van der Waals surface area contributed by atoms with Crippen molar-refractivity contribution < 1.29 is 14.4 Å². The van der Waals surface area contributed by atoms with Crippen LogP contribution in [0.2, 0.25) is 0 Å². The molecular weight excluding hydrogens is 220 g/mol. The van der Waals surface area contributed by atoms with Crippen LogP contribution in [-0.2, 0) is 4.79 Å². The minimum atomic E-state index is -0.855. The van der Waals surface area contributed by atoms with Gasteiger partial charge in [0.15, 0.2) is 0 Å². The summed E-state index contributed by atoms with van der Waals surface area (Å²) in [6.45, 7) is 7.16. The number of aryl methyl sites for hydroxylation is 3. The number of aliphatic carboxylic acids is 1. The molecule has 2 rings (SSSR count). The number of aromatic nitrogens is 2. The molecule has 0 aliphatic carbocycles. The first-order valence-corrected chi connectivity index (χ1v) is 5.39. The van der Waals surface area contributed by atoms with E-state index >= 15 is 0 Å². The van der Waals surface area contributed by atoms with E-state index in [2.05, 4.69) is 10.1 Å². The minimum absolute atomic E-state index is 0.471. The molecule has 0 aliphatic heterocycles. The number of nitrogens with zero attached hydrogens (tertiary/aromatic N) is 2. The lowest BCUT2D eigenvalue weighted by Crippen LogP contribution is -2.12. The summed E-state index contributed by atoms with van der Waals surface area (Å²) in [5.41, 5.74) is 3.53. The first-order valence-electron chi connectivity index (χ1n) is 5.39. The maximum atomic E-state index is 11.1. The van der Waals surface area contributed by atoms with E-state index < -0.39 is 11.9 Å². The van der Waals surface area contributed by atoms with Crippen LogP contribution in [0.3, 0.4) is 0 Å². The van der Waals surface area contributed by atoms with Gasteiger partial charge in [-0.1, -0.05) is 5.16 Å². The number of hydrogen-bond acceptors (Lipinski definition) is 4. The molecular formula is C12H14N2O3. The number of carbonyl (C=O) groups is 1. The van der Waals surface area contributed by atoms with Crippen molar-refractivity contribution in [1.29, 1.82) is 0 Å². The topological polar surface area (TPSA) is 76.2 Å². The predicted octanol–water partition coefficient (Wildman–Crippen LogP) is 2.34. The Hall–Kier alpha value is -1.91. The molecule has 0 saturated heterocycles. The monoisotopic (exact) mass is 234 g/mol. The summed E-state index contributed by atoms with van der Waals surface area (Å²) in [6.07, 6.45) is 0. The third-order valence-electron chi connectivity index (χ3n) is 3.09. The van der Waals surface area contributed by atoms with Gasteiger partial charge in [0.05, 0.1) is 17.0 Å². The fraction of sp³-hybridized carbons (Fsp3) is 0.417. The fourth-order valence-corrected chi connectivity index (χ4v) is 2.25. The van der Waals surface area contributed by atoms with Gasteiger partial charge in [-0.15, -0.1) is 0 Å². The van der Waals surface area contributed by atoms with Crippen LogP contribution in [0.1, 0.15) is 35.4 Å². The average Bonchev–Trinajstić information content (AvgIpc) is 2.59. The zero-order valence-corrected chi connectivity index (χ0v) is 10.2. The number of fused-ring (bicyclic) bond motifs is 1. The largest absolute Gasteiger partial charge is 0.481 e. The molecule has 2 aromatic heterocycles. The Bertz CT molecular complexity index is 601. The molecule has 2 heterocycles. The van der Waals surface area contributed by atoms with E-state index in [9.17, 15) is 4.79 Å². The summed E-state index contributed by atoms with van der Waals surface area (Å²) in [5.74, 6) is -1.44. The van der Waals surface area contributed by atoms with Crippen molar-refractivity contribution in [2.75, 3.05) is 0 Å². The van der Waals surface area contributed by atoms with E-state index in [1.54, 1.807) is 13.8 Å². The lowest BCUT2D eigenvalue weighted by molar-refractivity contribution is -0.138. The molecule has 1 N–H and O–H groups in total. The molecule has 0 amide bonds. The van der Waals surface area contributed by atoms with Crippen molar-refractivity contribution in [2.24, 2.45) is 0 Å². The maximum absolute atomic E-state index is 11.1. The van der Waals surface area contributed by atoms with Crippen LogP contribution in [-0.4, -0.2) is 21.2 Å². The first kappa shape index (κ1) is 11.6. The molecule has 1 unspecified atom stereocenters. The second-order valence-corrected chi connectivity index (χ2v) is 4.24. The second-order valence-electron chi connectivity index (χ2n) is 4.24. The molecule has 5 heteroatoms. The molecule has 0 spiro atoms. The van der Waals surface area contributed by atoms with Gasteiger partial charge in [0.1, 0.15) is 0 Å². The smallest absolute Gasteiger partial charge is 0.310 e. The Balaban J connectivity index is 2.79. The van der Waals surface area contributed by atoms with Crippen molar-refractivity contribution in [3.05, 3.63) is 22.5 Å². The molecule has 5 nitrogen and oxygen atoms in total. The second kappa shape index (κ2) is 3.84. The van der Waals surface area contributed by atoms with Gasteiger partial charge in [0, 0.05) is 5.69 Å². The summed E-state index contributed by atoms with van der Waals surface area (Å²) in [4.78, 5) is 15.4. The van der Waals surface area contributed by atoms with Crippen molar-refractivity contribution in [1.82, 2.24) is 10.1 Å². The highest BCUT2D eigenvalue weighted by atomic mass is 16.5. The summed E-state index contributed by atoms with van der Waals surface area (Å²) < 4.78 is 5.10. The van der Waals surface area contributed by atoms with Gasteiger partial charge in [-0.3, -0.25) is 4.79 Å². The van der Waals surface area contributed by atoms with E-state index in [1.807, 2.05) is 13.8 Å². The molecule has 0 aromatic carbocycles. The summed E-state index contributed by atoms with van der Waals surface area (Å²) in [6, 6.07) is 0. The van der Waals surface area contributed by atoms with Gasteiger partial charge >= 0.3 is 5.97 Å². The van der Waals surface area contributed by atoms with Crippen molar-refractivity contribution in [3.8, 4) is 0 Å². The maximum Gasteiger partial charge on any atom is 0.310 e. The molecule has 0 bridgehead atoms. The number of pyridine rings is 1. The minimum Gasteiger partial charge on any atom is -0.481 e. The zero-order valence-electron chi connectivity index (χ0n) is 10.2. The van der Waals surface area contributed by atoms with Gasteiger partial charge in [-0.25, -0.2) is 4.98 Å². The number of carboxylic acid groups (broad SMARTS) is 1. The molecule has 0 aliphatic rings. The standard InChI is InChI=1S/C12H14N2O3/c1-5-9(6(2)12(15)16)7(3)13-11-10(5)8(4)14-17-11/h6H,1-4H3,(H,15,16). The number of hydrogen-bond donors (Lipinski definition) is 1. The highest BCUT2D eigenvalue weighted by Crippen LogP contribution is 2.30. The van der Waals surface area contributed by atoms with Crippen molar-refractivity contribution in [2.45, 2.75) is 33.6 Å². The quantitative estimate of drug-likeness (QED) is 0.863. The molecule has 0 saturated carbocycles. The zero-order chi connectivity index (χ0) is 12.7. The fourth-order valence-electron chi connectivity index (χ4n) is 2.25. The molecule has 2 aromatic rings. The third kappa shape index (κ3) is 1.67. The predicted molar refractivity (Wildman–Crippen MR) is 62.1 cm³/mol. The Morgan fingerprint density at radius 3 is 2.53 bits per heavy atom. The van der Waals surface area contributed by atoms with Crippen LogP contribution in [0.4, 0.5) is 0 Å². The van der Waals surface area contributed by atoms with Gasteiger partial charge in [-0.2, -0.15) is 0 Å². The average molecular weight is 234 g/mol. The van der Waals surface area contributed by atoms with Crippen molar-refractivity contribution >= 4 is 17.1 Å². The third-order valence-corrected chi connectivity index (χ3v) is 3.09. The highest BCUT2D eigenvalue weighted by Gasteiger charge is 2.23. The van der Waals surface area contributed by atoms with E-state index in [-0.39, 0.29) is 0 Å². The molecule has 1 atom stereocenters. The Morgan fingerprint density at radius 1 is 1.29 bits per heavy atom. The van der Waals surface area contributed by atoms with Gasteiger partial charge in [0.25, 0.3) is 5.71 Å². The lowest BCUT2D eigenvalue weighted by Gasteiger charge is -2.13. The molecule has 0 fully saturated rings. The lowest BCUT2D eigenvalue weighted by atomic mass is 9.93. The highest BCUT2D eigenvalue weighted by molar-refractivity contribution is 5.85. The van der Waals surface area contributed by atoms with E-state index in [1.165, 1.54) is 0 Å². The van der Waals surface area contributed by atoms with E-state index in [0.717, 1.165) is 22.2 Å². The van der Waals surface area contributed by atoms with Crippen LogP contribution in [0.15, 0.2) is 4.52 Å². The van der Waals surface area contributed by atoms with Crippen LogP contribution >= 0.6 is 0 Å². The van der Waals surface area contributed by atoms with Gasteiger partial charge in [0.2, 0.25) is 0 Å². The van der Waals surface area contributed by atoms with Crippen LogP contribution in [0.25, 0.3) is 11.1 Å². The Labute approximate surface area is 98.4 Å². The summed E-state index contributed by atoms with van der Waals surface area (Å²) in [5, 5.41) is 13.8.